The fourth-order valence-corrected chi connectivity index (χ4v) is 0.454. The Morgan fingerprint density at radius 2 is 2.00 bits per heavy atom. The monoisotopic (exact) mass is 174 g/mol. The van der Waals surface area contributed by atoms with Gasteiger partial charge in [-0.1, -0.05) is 12.7 Å². The summed E-state index contributed by atoms with van der Waals surface area (Å²) in [4.78, 5) is 0. The lowest BCUT2D eigenvalue weighted by Gasteiger charge is -1.96. The quantitative estimate of drug-likeness (QED) is 0.491. The first kappa shape index (κ1) is 11.1. The van der Waals surface area contributed by atoms with E-state index < -0.39 is 19.6 Å². The van der Waals surface area contributed by atoms with Gasteiger partial charge in [0.2, 0.25) is 0 Å². The maximum atomic E-state index is 12.3. The van der Waals surface area contributed by atoms with Crippen LogP contribution in [0.25, 0.3) is 0 Å². The van der Waals surface area contributed by atoms with Gasteiger partial charge in [0.05, 0.1) is 0 Å². The Morgan fingerprint density at radius 3 is 2.33 bits per heavy atom. The first-order valence-electron chi connectivity index (χ1n) is 3.22. The molecule has 5 heteroatoms. The molecule has 0 fully saturated rings. The summed E-state index contributed by atoms with van der Waals surface area (Å²) in [7, 11) is -1.89. The Morgan fingerprint density at radius 1 is 1.42 bits per heavy atom. The molecule has 0 aromatic carbocycles. The number of alkyl halides is 1. The smallest absolute Gasteiger partial charge is 0.423 e. The molecule has 0 aliphatic rings. The highest BCUT2D eigenvalue weighted by Gasteiger charge is 2.12. The predicted molar refractivity (Wildman–Crippen MR) is 43.6 cm³/mol. The third-order valence-electron chi connectivity index (χ3n) is 1.14. The molecule has 0 radical (unpaired) electrons. The lowest BCUT2D eigenvalue weighted by Crippen LogP contribution is -2.16. The molecule has 0 aromatic heterocycles. The third-order valence-corrected chi connectivity index (χ3v) is 1.14. The van der Waals surface area contributed by atoms with Gasteiger partial charge in [-0.2, -0.15) is 0 Å². The van der Waals surface area contributed by atoms with E-state index in [9.17, 15) is 8.78 Å². The van der Waals surface area contributed by atoms with E-state index in [0.717, 1.165) is 18.2 Å². The molecule has 12 heavy (non-hydrogen) atoms. The lowest BCUT2D eigenvalue weighted by molar-refractivity contribution is 0.409. The summed E-state index contributed by atoms with van der Waals surface area (Å²) in [5, 5.41) is 16.9. The van der Waals surface area contributed by atoms with Gasteiger partial charge in [-0.25, -0.2) is 8.78 Å². The Bertz CT molecular complexity index is 211. The van der Waals surface area contributed by atoms with Gasteiger partial charge in [-0.05, 0) is 17.6 Å². The van der Waals surface area contributed by atoms with E-state index in [-0.39, 0.29) is 5.47 Å². The molecule has 0 saturated carbocycles. The van der Waals surface area contributed by atoms with Crippen molar-refractivity contribution in [3.8, 4) is 0 Å². The number of allylic oxidation sites excluding steroid dienone is 5. The van der Waals surface area contributed by atoms with E-state index >= 15 is 0 Å². The Kier molecular flexibility index (Phi) is 5.24. The first-order chi connectivity index (χ1) is 5.61. The van der Waals surface area contributed by atoms with Gasteiger partial charge < -0.3 is 10.0 Å². The lowest BCUT2D eigenvalue weighted by atomic mass is 9.80. The predicted octanol–water partition coefficient (Wildman–Crippen LogP) is 0.934. The molecule has 0 aliphatic heterocycles. The van der Waals surface area contributed by atoms with Crippen LogP contribution in [0.5, 0.6) is 0 Å². The van der Waals surface area contributed by atoms with Gasteiger partial charge in [0.1, 0.15) is 12.5 Å². The number of hydrogen-bond donors (Lipinski definition) is 2. The largest absolute Gasteiger partial charge is 0.486 e. The van der Waals surface area contributed by atoms with Crippen LogP contribution in [0, 0.1) is 0 Å². The molecule has 0 saturated heterocycles. The van der Waals surface area contributed by atoms with Crippen molar-refractivity contribution >= 4 is 7.12 Å². The second kappa shape index (κ2) is 5.68. The minimum absolute atomic E-state index is 0.299. The summed E-state index contributed by atoms with van der Waals surface area (Å²) in [6.45, 7) is 2.09. The summed E-state index contributed by atoms with van der Waals surface area (Å²) < 4.78 is 24.2. The van der Waals surface area contributed by atoms with Crippen LogP contribution in [-0.2, 0) is 0 Å². The van der Waals surface area contributed by atoms with Crippen molar-refractivity contribution in [3.05, 3.63) is 36.1 Å². The van der Waals surface area contributed by atoms with Crippen molar-refractivity contribution < 1.29 is 18.8 Å². The van der Waals surface area contributed by atoms with E-state index in [1.54, 1.807) is 0 Å². The second-order valence-electron chi connectivity index (χ2n) is 2.00. The van der Waals surface area contributed by atoms with Crippen LogP contribution < -0.4 is 0 Å². The van der Waals surface area contributed by atoms with E-state index in [0.29, 0.717) is 0 Å². The average Bonchev–Trinajstić information content (AvgIpc) is 2.04. The molecule has 0 unspecified atom stereocenters. The van der Waals surface area contributed by atoms with E-state index in [4.69, 9.17) is 10.0 Å². The molecule has 0 spiro atoms. The highest BCUT2D eigenvalue weighted by atomic mass is 19.1. The number of hydrogen-bond acceptors (Lipinski definition) is 2. The van der Waals surface area contributed by atoms with Gasteiger partial charge in [-0.3, -0.25) is 0 Å². The van der Waals surface area contributed by atoms with E-state index in [1.807, 2.05) is 0 Å². The van der Waals surface area contributed by atoms with Crippen molar-refractivity contribution in [1.82, 2.24) is 0 Å². The van der Waals surface area contributed by atoms with Crippen molar-refractivity contribution in [2.75, 3.05) is 6.67 Å². The maximum Gasteiger partial charge on any atom is 0.486 e. The molecular weight excluding hydrogens is 165 g/mol. The zero-order valence-electron chi connectivity index (χ0n) is 6.37. The van der Waals surface area contributed by atoms with Crippen LogP contribution in [0.2, 0.25) is 0 Å². The molecular formula is C7H9BF2O2. The molecule has 0 atom stereocenters. The average molecular weight is 174 g/mol. The van der Waals surface area contributed by atoms with E-state index in [1.165, 1.54) is 0 Å². The normalized spacial score (nSPS) is 13.0. The van der Waals surface area contributed by atoms with Gasteiger partial charge in [-0.15, -0.1) is 0 Å². The molecule has 0 aromatic rings. The van der Waals surface area contributed by atoms with Crippen LogP contribution in [0.4, 0.5) is 8.78 Å². The van der Waals surface area contributed by atoms with Crippen LogP contribution in [-0.4, -0.2) is 23.8 Å². The fourth-order valence-electron chi connectivity index (χ4n) is 0.454. The standard InChI is InChI=1S/C7H9BF2O2/c1-2-7(10)4-3-6(5-9)8(11)12/h2-4,11-12H,1,5H2/b6-3+,7-4+. The van der Waals surface area contributed by atoms with Crippen molar-refractivity contribution in [2.24, 2.45) is 0 Å². The molecule has 2 N–H and O–H groups in total. The van der Waals surface area contributed by atoms with E-state index in [2.05, 4.69) is 6.58 Å². The summed E-state index contributed by atoms with van der Waals surface area (Å²) in [6.07, 6.45) is 2.79. The summed E-state index contributed by atoms with van der Waals surface area (Å²) in [6, 6.07) is 0. The minimum atomic E-state index is -1.89. The molecule has 2 nitrogen and oxygen atoms in total. The van der Waals surface area contributed by atoms with Crippen LogP contribution in [0.3, 0.4) is 0 Å². The van der Waals surface area contributed by atoms with Gasteiger partial charge in [0.25, 0.3) is 0 Å². The molecule has 66 valence electrons. The van der Waals surface area contributed by atoms with Crippen molar-refractivity contribution in [2.45, 2.75) is 0 Å². The number of halogens is 2. The van der Waals surface area contributed by atoms with Crippen LogP contribution in [0.1, 0.15) is 0 Å². The van der Waals surface area contributed by atoms with Gasteiger partial charge in [0.15, 0.2) is 0 Å². The fraction of sp³-hybridized carbons (Fsp3) is 0.143. The Labute approximate surface area is 69.7 Å². The molecule has 0 bridgehead atoms. The van der Waals surface area contributed by atoms with Crippen molar-refractivity contribution in [3.63, 3.8) is 0 Å². The van der Waals surface area contributed by atoms with Gasteiger partial charge in [0, 0.05) is 0 Å². The zero-order valence-corrected chi connectivity index (χ0v) is 6.37. The summed E-state index contributed by atoms with van der Waals surface area (Å²) >= 11 is 0. The summed E-state index contributed by atoms with van der Waals surface area (Å²) in [5.41, 5.74) is -0.299. The second-order valence-corrected chi connectivity index (χ2v) is 2.00. The zero-order chi connectivity index (χ0) is 9.56. The Hall–Kier alpha value is -0.935. The Balaban J connectivity index is 4.40. The topological polar surface area (TPSA) is 40.5 Å². The first-order valence-corrected chi connectivity index (χ1v) is 3.22. The van der Waals surface area contributed by atoms with Crippen molar-refractivity contribution in [1.29, 1.82) is 0 Å². The maximum absolute atomic E-state index is 12.3. The van der Waals surface area contributed by atoms with Crippen LogP contribution in [0.15, 0.2) is 36.1 Å². The van der Waals surface area contributed by atoms with Gasteiger partial charge >= 0.3 is 7.12 Å². The molecule has 0 aliphatic carbocycles. The van der Waals surface area contributed by atoms with Crippen LogP contribution >= 0.6 is 0 Å². The molecule has 0 amide bonds. The number of rotatable bonds is 4. The highest BCUT2D eigenvalue weighted by Crippen LogP contribution is 2.02. The molecule has 0 rings (SSSR count). The minimum Gasteiger partial charge on any atom is -0.423 e. The third kappa shape index (κ3) is 4.05. The molecule has 0 heterocycles. The summed E-state index contributed by atoms with van der Waals surface area (Å²) in [5.74, 6) is -0.665. The highest BCUT2D eigenvalue weighted by molar-refractivity contribution is 6.50. The SMILES string of the molecule is C=C/C(F)=C\C=C(/CF)B(O)O.